The van der Waals surface area contributed by atoms with E-state index in [-0.39, 0.29) is 25.0 Å². The number of likely N-dealkylation sites (tertiary alicyclic amines) is 1. The second-order valence-electron chi connectivity index (χ2n) is 9.24. The quantitative estimate of drug-likeness (QED) is 0.586. The van der Waals surface area contributed by atoms with Crippen LogP contribution < -0.4 is 5.32 Å². The van der Waals surface area contributed by atoms with E-state index in [2.05, 4.69) is 5.32 Å². The van der Waals surface area contributed by atoms with E-state index in [9.17, 15) is 14.4 Å². The molecule has 0 radical (unpaired) electrons. The SMILES string of the molecule is CCOC(=O)[C@H](CCc1ccccc1)NC1CCCCCN(CC(=O)OC(C)(C)C)C1=O. The fourth-order valence-corrected chi connectivity index (χ4v) is 3.83. The third kappa shape index (κ3) is 8.99. The van der Waals surface area contributed by atoms with Crippen molar-refractivity contribution in [3.05, 3.63) is 35.9 Å². The summed E-state index contributed by atoms with van der Waals surface area (Å²) >= 11 is 0. The number of rotatable bonds is 9. The molecule has 1 saturated heterocycles. The molecule has 1 aliphatic rings. The normalized spacial score (nSPS) is 18.4. The number of carbonyl (C=O) groups excluding carboxylic acids is 3. The van der Waals surface area contributed by atoms with Gasteiger partial charge in [-0.2, -0.15) is 0 Å². The Labute approximate surface area is 191 Å². The van der Waals surface area contributed by atoms with Crippen molar-refractivity contribution in [3.8, 4) is 0 Å². The van der Waals surface area contributed by atoms with Crippen LogP contribution in [0.4, 0.5) is 0 Å². The van der Waals surface area contributed by atoms with Gasteiger partial charge >= 0.3 is 11.9 Å². The van der Waals surface area contributed by atoms with Crippen molar-refractivity contribution in [2.75, 3.05) is 19.7 Å². The summed E-state index contributed by atoms with van der Waals surface area (Å²) in [6.45, 7) is 7.90. The number of hydrogen-bond acceptors (Lipinski definition) is 6. The number of carbonyl (C=O) groups is 3. The molecule has 1 aliphatic heterocycles. The van der Waals surface area contributed by atoms with Gasteiger partial charge in [0, 0.05) is 6.54 Å². The molecular formula is C25H38N2O5. The van der Waals surface area contributed by atoms with Crippen LogP contribution in [0.1, 0.15) is 65.4 Å². The van der Waals surface area contributed by atoms with Crippen molar-refractivity contribution in [2.24, 2.45) is 0 Å². The van der Waals surface area contributed by atoms with E-state index in [4.69, 9.17) is 9.47 Å². The number of ether oxygens (including phenoxy) is 2. The van der Waals surface area contributed by atoms with Gasteiger partial charge < -0.3 is 14.4 Å². The number of hydrogen-bond donors (Lipinski definition) is 1. The number of nitrogens with one attached hydrogen (secondary N) is 1. The lowest BCUT2D eigenvalue weighted by molar-refractivity contribution is -0.159. The Morgan fingerprint density at radius 2 is 1.88 bits per heavy atom. The Morgan fingerprint density at radius 3 is 2.53 bits per heavy atom. The van der Waals surface area contributed by atoms with Gasteiger partial charge in [-0.25, -0.2) is 0 Å². The van der Waals surface area contributed by atoms with Gasteiger partial charge in [-0.1, -0.05) is 43.2 Å². The molecule has 1 N–H and O–H groups in total. The third-order valence-electron chi connectivity index (χ3n) is 5.31. The van der Waals surface area contributed by atoms with E-state index in [1.807, 2.05) is 30.3 Å². The lowest BCUT2D eigenvalue weighted by Gasteiger charge is -2.32. The number of nitrogens with zero attached hydrogens (tertiary/aromatic N) is 1. The van der Waals surface area contributed by atoms with Crippen LogP contribution in [-0.2, 0) is 30.3 Å². The van der Waals surface area contributed by atoms with Gasteiger partial charge in [0.2, 0.25) is 5.91 Å². The molecule has 0 aliphatic carbocycles. The van der Waals surface area contributed by atoms with Crippen LogP contribution in [0.15, 0.2) is 30.3 Å². The molecule has 0 aromatic heterocycles. The lowest BCUT2D eigenvalue weighted by atomic mass is 10.00. The molecule has 0 bridgehead atoms. The maximum absolute atomic E-state index is 13.3. The first-order valence-electron chi connectivity index (χ1n) is 11.7. The van der Waals surface area contributed by atoms with Crippen molar-refractivity contribution in [1.29, 1.82) is 0 Å². The summed E-state index contributed by atoms with van der Waals surface area (Å²) in [7, 11) is 0. The number of amides is 1. The molecule has 0 saturated carbocycles. The fourth-order valence-electron chi connectivity index (χ4n) is 3.83. The molecule has 1 unspecified atom stereocenters. The largest absolute Gasteiger partial charge is 0.465 e. The average Bonchev–Trinajstić information content (AvgIpc) is 2.72. The van der Waals surface area contributed by atoms with Gasteiger partial charge in [0.05, 0.1) is 12.6 Å². The minimum Gasteiger partial charge on any atom is -0.465 e. The summed E-state index contributed by atoms with van der Waals surface area (Å²) < 4.78 is 10.7. The maximum atomic E-state index is 13.3. The molecule has 7 heteroatoms. The van der Waals surface area contributed by atoms with E-state index in [0.29, 0.717) is 25.8 Å². The second kappa shape index (κ2) is 12.6. The zero-order chi connectivity index (χ0) is 23.6. The van der Waals surface area contributed by atoms with Crippen LogP contribution in [0.25, 0.3) is 0 Å². The van der Waals surface area contributed by atoms with Crippen molar-refractivity contribution >= 4 is 17.8 Å². The highest BCUT2D eigenvalue weighted by Crippen LogP contribution is 2.16. The summed E-state index contributed by atoms with van der Waals surface area (Å²) in [5.41, 5.74) is 0.520. The molecule has 0 spiro atoms. The first-order chi connectivity index (χ1) is 15.2. The summed E-state index contributed by atoms with van der Waals surface area (Å²) in [5, 5.41) is 3.26. The molecule has 1 aromatic carbocycles. The van der Waals surface area contributed by atoms with Crippen molar-refractivity contribution < 1.29 is 23.9 Å². The molecule has 1 fully saturated rings. The van der Waals surface area contributed by atoms with Crippen LogP contribution in [0.3, 0.4) is 0 Å². The third-order valence-corrected chi connectivity index (χ3v) is 5.31. The summed E-state index contributed by atoms with van der Waals surface area (Å²) in [4.78, 5) is 39.8. The molecule has 2 atom stereocenters. The highest BCUT2D eigenvalue weighted by Gasteiger charge is 2.32. The van der Waals surface area contributed by atoms with E-state index in [0.717, 1.165) is 24.8 Å². The standard InChI is InChI=1S/C25H38N2O5/c1-5-31-24(30)21(16-15-19-12-8-6-9-13-19)26-20-14-10-7-11-17-27(23(20)29)18-22(28)32-25(2,3)4/h6,8-9,12-13,20-21,26H,5,7,10-11,14-18H2,1-4H3/t20?,21-/m0/s1. The van der Waals surface area contributed by atoms with Crippen molar-refractivity contribution in [1.82, 2.24) is 10.2 Å². The first-order valence-corrected chi connectivity index (χ1v) is 11.7. The molecule has 1 amide bonds. The summed E-state index contributed by atoms with van der Waals surface area (Å²) in [6.07, 6.45) is 4.53. The van der Waals surface area contributed by atoms with Gasteiger partial charge in [-0.15, -0.1) is 0 Å². The molecule has 178 valence electrons. The van der Waals surface area contributed by atoms with Gasteiger partial charge in [-0.3, -0.25) is 19.7 Å². The number of esters is 2. The van der Waals surface area contributed by atoms with Crippen molar-refractivity contribution in [3.63, 3.8) is 0 Å². The zero-order valence-electron chi connectivity index (χ0n) is 19.9. The Hall–Kier alpha value is -2.41. The van der Waals surface area contributed by atoms with Crippen LogP contribution >= 0.6 is 0 Å². The molecular weight excluding hydrogens is 408 g/mol. The Morgan fingerprint density at radius 1 is 1.16 bits per heavy atom. The second-order valence-corrected chi connectivity index (χ2v) is 9.24. The Bertz CT molecular complexity index is 744. The maximum Gasteiger partial charge on any atom is 0.326 e. The fraction of sp³-hybridized carbons (Fsp3) is 0.640. The van der Waals surface area contributed by atoms with E-state index < -0.39 is 23.7 Å². The molecule has 2 rings (SSSR count). The molecule has 7 nitrogen and oxygen atoms in total. The van der Waals surface area contributed by atoms with Crippen LogP contribution in [0, 0.1) is 0 Å². The highest BCUT2D eigenvalue weighted by atomic mass is 16.6. The van der Waals surface area contributed by atoms with Crippen LogP contribution in [0.2, 0.25) is 0 Å². The molecule has 1 aromatic rings. The van der Waals surface area contributed by atoms with E-state index in [1.165, 1.54) is 0 Å². The van der Waals surface area contributed by atoms with Crippen LogP contribution in [-0.4, -0.2) is 60.1 Å². The summed E-state index contributed by atoms with van der Waals surface area (Å²) in [5.74, 6) is -0.933. The lowest BCUT2D eigenvalue weighted by Crippen LogP contribution is -2.54. The van der Waals surface area contributed by atoms with E-state index >= 15 is 0 Å². The van der Waals surface area contributed by atoms with Crippen molar-refractivity contribution in [2.45, 2.75) is 83.9 Å². The average molecular weight is 447 g/mol. The van der Waals surface area contributed by atoms with Gasteiger partial charge in [-0.05, 0) is 58.9 Å². The minimum atomic E-state index is -0.604. The minimum absolute atomic E-state index is 0.0810. The first kappa shape index (κ1) is 25.8. The smallest absolute Gasteiger partial charge is 0.326 e. The Kier molecular flexibility index (Phi) is 10.2. The predicted octanol–water partition coefficient (Wildman–Crippen LogP) is 3.25. The number of benzene rings is 1. The monoisotopic (exact) mass is 446 g/mol. The zero-order valence-corrected chi connectivity index (χ0v) is 19.9. The van der Waals surface area contributed by atoms with E-state index in [1.54, 1.807) is 32.6 Å². The molecule has 32 heavy (non-hydrogen) atoms. The van der Waals surface area contributed by atoms with Crippen LogP contribution in [0.5, 0.6) is 0 Å². The topological polar surface area (TPSA) is 84.9 Å². The highest BCUT2D eigenvalue weighted by molar-refractivity contribution is 5.87. The van der Waals surface area contributed by atoms with Gasteiger partial charge in [0.1, 0.15) is 18.2 Å². The predicted molar refractivity (Wildman–Crippen MR) is 123 cm³/mol. The Balaban J connectivity index is 2.09. The summed E-state index contributed by atoms with van der Waals surface area (Å²) in [6, 6.07) is 8.80. The number of aryl methyl sites for hydroxylation is 1. The van der Waals surface area contributed by atoms with Gasteiger partial charge in [0.15, 0.2) is 0 Å². The molecule has 1 heterocycles. The van der Waals surface area contributed by atoms with Gasteiger partial charge in [0.25, 0.3) is 0 Å².